The summed E-state index contributed by atoms with van der Waals surface area (Å²) < 4.78 is 9.44. The van der Waals surface area contributed by atoms with Crippen molar-refractivity contribution < 1.29 is 29.0 Å². The Balaban J connectivity index is 4.23. The van der Waals surface area contributed by atoms with Crippen LogP contribution < -0.4 is 5.32 Å². The average molecular weight is 304 g/mol. The summed E-state index contributed by atoms with van der Waals surface area (Å²) >= 11 is 0. The minimum Gasteiger partial charge on any atom is -0.481 e. The molecule has 2 amide bonds. The van der Waals surface area contributed by atoms with E-state index in [2.05, 4.69) is 10.1 Å². The van der Waals surface area contributed by atoms with Gasteiger partial charge in [-0.25, -0.2) is 4.79 Å². The molecule has 0 saturated carbocycles. The predicted molar refractivity (Wildman–Crippen MR) is 74.9 cm³/mol. The summed E-state index contributed by atoms with van der Waals surface area (Å²) in [5, 5.41) is 11.4. The fraction of sp³-hybridized carbons (Fsp3) is 0.769. The van der Waals surface area contributed by atoms with E-state index in [4.69, 9.17) is 9.84 Å². The minimum atomic E-state index is -0.897. The Morgan fingerprint density at radius 3 is 2.43 bits per heavy atom. The molecule has 0 saturated heterocycles. The second-order valence-corrected chi connectivity index (χ2v) is 4.57. The van der Waals surface area contributed by atoms with Gasteiger partial charge in [0.25, 0.3) is 0 Å². The Kier molecular flexibility index (Phi) is 9.95. The molecule has 122 valence electrons. The normalized spacial score (nSPS) is 11.6. The number of carboxylic acid groups (broad SMARTS) is 1. The topological polar surface area (TPSA) is 105 Å². The molecule has 1 unspecified atom stereocenters. The molecule has 21 heavy (non-hydrogen) atoms. The van der Waals surface area contributed by atoms with Gasteiger partial charge in [-0.05, 0) is 6.42 Å². The van der Waals surface area contributed by atoms with Crippen LogP contribution in [0.5, 0.6) is 0 Å². The SMILES string of the molecule is COCCN(CCC(=O)OC)C(=O)NCCC(C)C(=O)O. The third kappa shape index (κ3) is 8.85. The number of esters is 1. The molecule has 0 heterocycles. The maximum atomic E-state index is 12.0. The zero-order valence-electron chi connectivity index (χ0n) is 12.8. The van der Waals surface area contributed by atoms with E-state index >= 15 is 0 Å². The third-order valence-corrected chi connectivity index (χ3v) is 2.94. The van der Waals surface area contributed by atoms with Gasteiger partial charge < -0.3 is 24.8 Å². The maximum absolute atomic E-state index is 12.0. The number of aliphatic carboxylic acids is 1. The van der Waals surface area contributed by atoms with Gasteiger partial charge in [0.05, 0.1) is 26.1 Å². The van der Waals surface area contributed by atoms with E-state index < -0.39 is 17.9 Å². The van der Waals surface area contributed by atoms with Crippen molar-refractivity contribution in [1.29, 1.82) is 0 Å². The van der Waals surface area contributed by atoms with Gasteiger partial charge in [-0.15, -0.1) is 0 Å². The van der Waals surface area contributed by atoms with Crippen LogP contribution >= 0.6 is 0 Å². The lowest BCUT2D eigenvalue weighted by molar-refractivity contribution is -0.142. The van der Waals surface area contributed by atoms with Crippen LogP contribution in [0.2, 0.25) is 0 Å². The Morgan fingerprint density at radius 2 is 1.90 bits per heavy atom. The first-order valence-electron chi connectivity index (χ1n) is 6.73. The summed E-state index contributed by atoms with van der Waals surface area (Å²) in [6.07, 6.45) is 0.440. The van der Waals surface area contributed by atoms with Gasteiger partial charge >= 0.3 is 18.0 Å². The largest absolute Gasteiger partial charge is 0.481 e. The van der Waals surface area contributed by atoms with Crippen molar-refractivity contribution in [2.45, 2.75) is 19.8 Å². The van der Waals surface area contributed by atoms with Crippen molar-refractivity contribution in [3.05, 3.63) is 0 Å². The van der Waals surface area contributed by atoms with Crippen LogP contribution in [0, 0.1) is 5.92 Å². The van der Waals surface area contributed by atoms with Crippen molar-refractivity contribution >= 4 is 18.0 Å². The number of carboxylic acids is 1. The number of carbonyl (C=O) groups excluding carboxylic acids is 2. The highest BCUT2D eigenvalue weighted by Crippen LogP contribution is 2.01. The van der Waals surface area contributed by atoms with Crippen LogP contribution in [-0.2, 0) is 19.1 Å². The van der Waals surface area contributed by atoms with Crippen molar-refractivity contribution in [3.8, 4) is 0 Å². The van der Waals surface area contributed by atoms with Gasteiger partial charge in [0.2, 0.25) is 0 Å². The lowest BCUT2D eigenvalue weighted by Gasteiger charge is -2.22. The zero-order chi connectivity index (χ0) is 16.3. The number of hydrogen-bond donors (Lipinski definition) is 2. The Labute approximate surface area is 124 Å². The lowest BCUT2D eigenvalue weighted by atomic mass is 10.1. The molecular formula is C13H24N2O6. The first-order chi connectivity index (χ1) is 9.92. The standard InChI is InChI=1S/C13H24N2O6/c1-10(12(17)18)4-6-14-13(19)15(8-9-20-2)7-5-11(16)21-3/h10H,4-9H2,1-3H3,(H,14,19)(H,17,18). The maximum Gasteiger partial charge on any atom is 0.317 e. The minimum absolute atomic E-state index is 0.0964. The molecule has 8 nitrogen and oxygen atoms in total. The number of carbonyl (C=O) groups is 3. The van der Waals surface area contributed by atoms with Crippen molar-refractivity contribution in [3.63, 3.8) is 0 Å². The fourth-order valence-corrected chi connectivity index (χ4v) is 1.48. The second-order valence-electron chi connectivity index (χ2n) is 4.57. The van der Waals surface area contributed by atoms with Crippen LogP contribution in [0.3, 0.4) is 0 Å². The molecule has 0 aromatic rings. The molecule has 1 atom stereocenters. The predicted octanol–water partition coefficient (Wildman–Crippen LogP) is 0.318. The number of amides is 2. The van der Waals surface area contributed by atoms with Crippen LogP contribution in [0.4, 0.5) is 4.79 Å². The van der Waals surface area contributed by atoms with Gasteiger partial charge in [0.1, 0.15) is 0 Å². The highest BCUT2D eigenvalue weighted by atomic mass is 16.5. The molecule has 0 aliphatic rings. The molecule has 2 N–H and O–H groups in total. The monoisotopic (exact) mass is 304 g/mol. The fourth-order valence-electron chi connectivity index (χ4n) is 1.48. The third-order valence-electron chi connectivity index (χ3n) is 2.94. The number of hydrogen-bond acceptors (Lipinski definition) is 5. The van der Waals surface area contributed by atoms with Crippen LogP contribution in [0.25, 0.3) is 0 Å². The number of rotatable bonds is 10. The molecule has 0 aromatic carbocycles. The van der Waals surface area contributed by atoms with E-state index in [-0.39, 0.29) is 25.5 Å². The molecule has 0 aliphatic heterocycles. The first kappa shape index (κ1) is 19.2. The number of nitrogens with one attached hydrogen (secondary N) is 1. The number of methoxy groups -OCH3 is 2. The van der Waals surface area contributed by atoms with Crippen molar-refractivity contribution in [2.75, 3.05) is 40.5 Å². The number of nitrogens with zero attached hydrogens (tertiary/aromatic N) is 1. The molecule has 0 bridgehead atoms. The van der Waals surface area contributed by atoms with Gasteiger partial charge in [0.15, 0.2) is 0 Å². The first-order valence-corrected chi connectivity index (χ1v) is 6.73. The molecule has 8 heteroatoms. The number of urea groups is 1. The lowest BCUT2D eigenvalue weighted by Crippen LogP contribution is -2.43. The molecule has 0 fully saturated rings. The summed E-state index contributed by atoms with van der Waals surface area (Å²) in [5.74, 6) is -1.82. The van der Waals surface area contributed by atoms with Gasteiger partial charge in [-0.2, -0.15) is 0 Å². The number of ether oxygens (including phenoxy) is 2. The smallest absolute Gasteiger partial charge is 0.317 e. The quantitative estimate of drug-likeness (QED) is 0.563. The van der Waals surface area contributed by atoms with Gasteiger partial charge in [-0.3, -0.25) is 9.59 Å². The van der Waals surface area contributed by atoms with Gasteiger partial charge in [-0.1, -0.05) is 6.92 Å². The molecular weight excluding hydrogens is 280 g/mol. The zero-order valence-corrected chi connectivity index (χ0v) is 12.8. The summed E-state index contributed by atoms with van der Waals surface area (Å²) in [5.41, 5.74) is 0. The second kappa shape index (κ2) is 10.9. The summed E-state index contributed by atoms with van der Waals surface area (Å²) in [6.45, 7) is 2.74. The molecule has 0 aliphatic carbocycles. The summed E-state index contributed by atoms with van der Waals surface area (Å²) in [4.78, 5) is 35.2. The molecule has 0 spiro atoms. The Bertz CT molecular complexity index is 348. The van der Waals surface area contributed by atoms with E-state index in [0.29, 0.717) is 19.6 Å². The van der Waals surface area contributed by atoms with E-state index in [0.717, 1.165) is 0 Å². The summed E-state index contributed by atoms with van der Waals surface area (Å²) in [6, 6.07) is -0.353. The van der Waals surface area contributed by atoms with E-state index in [1.54, 1.807) is 6.92 Å². The van der Waals surface area contributed by atoms with E-state index in [1.807, 2.05) is 0 Å². The molecule has 0 aromatic heterocycles. The highest BCUT2D eigenvalue weighted by molar-refractivity contribution is 5.75. The van der Waals surface area contributed by atoms with Crippen LogP contribution in [-0.4, -0.2) is 68.4 Å². The van der Waals surface area contributed by atoms with Crippen molar-refractivity contribution in [1.82, 2.24) is 10.2 Å². The Morgan fingerprint density at radius 1 is 1.24 bits per heavy atom. The van der Waals surface area contributed by atoms with E-state index in [1.165, 1.54) is 19.1 Å². The Hall–Kier alpha value is -1.83. The molecule has 0 rings (SSSR count). The summed E-state index contributed by atoms with van der Waals surface area (Å²) in [7, 11) is 2.81. The van der Waals surface area contributed by atoms with Crippen LogP contribution in [0.15, 0.2) is 0 Å². The average Bonchev–Trinajstić information content (AvgIpc) is 2.46. The van der Waals surface area contributed by atoms with Crippen molar-refractivity contribution in [2.24, 2.45) is 5.92 Å². The molecule has 0 radical (unpaired) electrons. The van der Waals surface area contributed by atoms with Gasteiger partial charge in [0, 0.05) is 26.7 Å². The van der Waals surface area contributed by atoms with Crippen LogP contribution in [0.1, 0.15) is 19.8 Å². The van der Waals surface area contributed by atoms with E-state index in [9.17, 15) is 14.4 Å². The highest BCUT2D eigenvalue weighted by Gasteiger charge is 2.16.